The first-order valence-electron chi connectivity index (χ1n) is 8.58. The van der Waals surface area contributed by atoms with Crippen LogP contribution in [0.3, 0.4) is 0 Å². The third-order valence-corrected chi connectivity index (χ3v) is 4.80. The van der Waals surface area contributed by atoms with Crippen molar-refractivity contribution in [1.82, 2.24) is 14.7 Å². The van der Waals surface area contributed by atoms with Gasteiger partial charge in [0, 0.05) is 38.6 Å². The second-order valence-corrected chi connectivity index (χ2v) is 6.79. The standard InChI is InChI=1S/C16H26F3N3O2/c1-20(11-6-16(17,18)19)12-14(23)21-9-4-13(5-10-21)15(24)22-7-2-3-8-22/h13H,2-12H2,1H3. The van der Waals surface area contributed by atoms with E-state index < -0.39 is 12.6 Å². The first-order chi connectivity index (χ1) is 11.3. The highest BCUT2D eigenvalue weighted by Gasteiger charge is 2.32. The van der Waals surface area contributed by atoms with E-state index in [1.54, 1.807) is 4.90 Å². The van der Waals surface area contributed by atoms with E-state index >= 15 is 0 Å². The number of carbonyl (C=O) groups excluding carboxylic acids is 2. The molecule has 0 unspecified atom stereocenters. The maximum Gasteiger partial charge on any atom is 0.390 e. The largest absolute Gasteiger partial charge is 0.390 e. The molecule has 2 aliphatic rings. The van der Waals surface area contributed by atoms with Crippen molar-refractivity contribution in [3.63, 3.8) is 0 Å². The van der Waals surface area contributed by atoms with Crippen LogP contribution in [-0.2, 0) is 9.59 Å². The van der Waals surface area contributed by atoms with Crippen molar-refractivity contribution in [3.8, 4) is 0 Å². The molecular formula is C16H26F3N3O2. The molecule has 2 rings (SSSR count). The predicted molar refractivity (Wildman–Crippen MR) is 83.3 cm³/mol. The third kappa shape index (κ3) is 5.65. The third-order valence-electron chi connectivity index (χ3n) is 4.80. The molecule has 0 spiro atoms. The highest BCUT2D eigenvalue weighted by atomic mass is 19.4. The van der Waals surface area contributed by atoms with Crippen molar-refractivity contribution in [1.29, 1.82) is 0 Å². The summed E-state index contributed by atoms with van der Waals surface area (Å²) in [5, 5.41) is 0. The Bertz CT molecular complexity index is 442. The Morgan fingerprint density at radius 2 is 1.62 bits per heavy atom. The number of carbonyl (C=O) groups is 2. The minimum absolute atomic E-state index is 0.0131. The first-order valence-corrected chi connectivity index (χ1v) is 8.58. The fraction of sp³-hybridized carbons (Fsp3) is 0.875. The Labute approximate surface area is 140 Å². The van der Waals surface area contributed by atoms with Crippen LogP contribution in [-0.4, -0.2) is 79.0 Å². The number of piperidine rings is 1. The summed E-state index contributed by atoms with van der Waals surface area (Å²) in [5.74, 6) is 0.0174. The molecule has 0 aromatic rings. The van der Waals surface area contributed by atoms with Crippen LogP contribution < -0.4 is 0 Å². The molecule has 0 aromatic heterocycles. The molecule has 2 amide bonds. The topological polar surface area (TPSA) is 43.9 Å². The Morgan fingerprint density at radius 1 is 1.04 bits per heavy atom. The van der Waals surface area contributed by atoms with Gasteiger partial charge in [0.25, 0.3) is 0 Å². The van der Waals surface area contributed by atoms with Gasteiger partial charge in [-0.3, -0.25) is 14.5 Å². The average Bonchev–Trinajstić information content (AvgIpc) is 3.06. The number of hydrogen-bond acceptors (Lipinski definition) is 3. The van der Waals surface area contributed by atoms with E-state index in [4.69, 9.17) is 0 Å². The van der Waals surface area contributed by atoms with Crippen LogP contribution in [0.15, 0.2) is 0 Å². The zero-order chi connectivity index (χ0) is 17.7. The fourth-order valence-corrected chi connectivity index (χ4v) is 3.30. The summed E-state index contributed by atoms with van der Waals surface area (Å²) in [5.41, 5.74) is 0. The average molecular weight is 349 g/mol. The SMILES string of the molecule is CN(CCC(F)(F)F)CC(=O)N1CCC(C(=O)N2CCCC2)CC1. The van der Waals surface area contributed by atoms with Crippen molar-refractivity contribution >= 4 is 11.8 Å². The summed E-state index contributed by atoms with van der Waals surface area (Å²) in [6.07, 6.45) is -1.70. The molecule has 2 heterocycles. The van der Waals surface area contributed by atoms with Crippen LogP contribution in [0, 0.1) is 5.92 Å². The highest BCUT2D eigenvalue weighted by Crippen LogP contribution is 2.22. The van der Waals surface area contributed by atoms with E-state index in [9.17, 15) is 22.8 Å². The molecule has 0 atom stereocenters. The monoisotopic (exact) mass is 349 g/mol. The van der Waals surface area contributed by atoms with Crippen LogP contribution in [0.1, 0.15) is 32.1 Å². The van der Waals surface area contributed by atoms with Crippen molar-refractivity contribution in [2.45, 2.75) is 38.3 Å². The molecule has 0 radical (unpaired) electrons. The Morgan fingerprint density at radius 3 is 2.17 bits per heavy atom. The van der Waals surface area contributed by atoms with Crippen molar-refractivity contribution < 1.29 is 22.8 Å². The Balaban J connectivity index is 1.71. The molecule has 24 heavy (non-hydrogen) atoms. The smallest absolute Gasteiger partial charge is 0.342 e. The quantitative estimate of drug-likeness (QED) is 0.759. The van der Waals surface area contributed by atoms with Gasteiger partial charge < -0.3 is 9.80 Å². The van der Waals surface area contributed by atoms with Gasteiger partial charge >= 0.3 is 6.18 Å². The summed E-state index contributed by atoms with van der Waals surface area (Å²) in [6.45, 7) is 2.50. The number of amides is 2. The maximum atomic E-state index is 12.3. The van der Waals surface area contributed by atoms with Gasteiger partial charge in [0.2, 0.25) is 11.8 Å². The lowest BCUT2D eigenvalue weighted by molar-refractivity contribution is -0.143. The van der Waals surface area contributed by atoms with Crippen LogP contribution >= 0.6 is 0 Å². The Kier molecular flexibility index (Phi) is 6.48. The molecule has 0 aliphatic carbocycles. The van der Waals surface area contributed by atoms with E-state index in [2.05, 4.69) is 0 Å². The number of rotatable bonds is 5. The van der Waals surface area contributed by atoms with Crippen molar-refractivity contribution in [2.24, 2.45) is 5.92 Å². The van der Waals surface area contributed by atoms with Crippen LogP contribution in [0.25, 0.3) is 0 Å². The fourth-order valence-electron chi connectivity index (χ4n) is 3.30. The molecule has 2 saturated heterocycles. The summed E-state index contributed by atoms with van der Waals surface area (Å²) in [4.78, 5) is 29.5. The van der Waals surface area contributed by atoms with Gasteiger partial charge in [-0.1, -0.05) is 0 Å². The van der Waals surface area contributed by atoms with Crippen molar-refractivity contribution in [3.05, 3.63) is 0 Å². The molecule has 0 N–H and O–H groups in total. The molecular weight excluding hydrogens is 323 g/mol. The number of likely N-dealkylation sites (N-methyl/N-ethyl adjacent to an activating group) is 1. The molecule has 0 saturated carbocycles. The summed E-state index contributed by atoms with van der Waals surface area (Å²) >= 11 is 0. The van der Waals surface area contributed by atoms with E-state index in [0.717, 1.165) is 25.9 Å². The van der Waals surface area contributed by atoms with Gasteiger partial charge in [0.1, 0.15) is 0 Å². The Hall–Kier alpha value is -1.31. The molecule has 138 valence electrons. The second kappa shape index (κ2) is 8.18. The lowest BCUT2D eigenvalue weighted by Gasteiger charge is -2.34. The number of hydrogen-bond donors (Lipinski definition) is 0. The van der Waals surface area contributed by atoms with Gasteiger partial charge in [-0.15, -0.1) is 0 Å². The van der Waals surface area contributed by atoms with Gasteiger partial charge in [-0.25, -0.2) is 0 Å². The first kappa shape index (κ1) is 19.0. The van der Waals surface area contributed by atoms with E-state index in [0.29, 0.717) is 25.9 Å². The van der Waals surface area contributed by atoms with Gasteiger partial charge in [0.05, 0.1) is 13.0 Å². The zero-order valence-corrected chi connectivity index (χ0v) is 14.1. The summed E-state index contributed by atoms with van der Waals surface area (Å²) in [7, 11) is 1.52. The molecule has 2 fully saturated rings. The lowest BCUT2D eigenvalue weighted by atomic mass is 9.95. The zero-order valence-electron chi connectivity index (χ0n) is 14.1. The molecule has 0 bridgehead atoms. The highest BCUT2D eigenvalue weighted by molar-refractivity contribution is 5.81. The minimum atomic E-state index is -4.20. The van der Waals surface area contributed by atoms with E-state index in [-0.39, 0.29) is 30.8 Å². The normalized spacial score (nSPS) is 20.0. The van der Waals surface area contributed by atoms with Crippen molar-refractivity contribution in [2.75, 3.05) is 46.3 Å². The van der Waals surface area contributed by atoms with Gasteiger partial charge in [-0.05, 0) is 32.7 Å². The second-order valence-electron chi connectivity index (χ2n) is 6.79. The summed E-state index contributed by atoms with van der Waals surface area (Å²) in [6, 6.07) is 0. The molecule has 0 aromatic carbocycles. The van der Waals surface area contributed by atoms with Gasteiger partial charge in [-0.2, -0.15) is 13.2 Å². The van der Waals surface area contributed by atoms with E-state index in [1.165, 1.54) is 11.9 Å². The van der Waals surface area contributed by atoms with Crippen LogP contribution in [0.4, 0.5) is 13.2 Å². The van der Waals surface area contributed by atoms with E-state index in [1.807, 2.05) is 4.90 Å². The molecule has 8 heteroatoms. The maximum absolute atomic E-state index is 12.3. The summed E-state index contributed by atoms with van der Waals surface area (Å²) < 4.78 is 36.6. The molecule has 2 aliphatic heterocycles. The van der Waals surface area contributed by atoms with Crippen LogP contribution in [0.5, 0.6) is 0 Å². The number of alkyl halides is 3. The lowest BCUT2D eigenvalue weighted by Crippen LogP contribution is -2.46. The minimum Gasteiger partial charge on any atom is -0.342 e. The van der Waals surface area contributed by atoms with Gasteiger partial charge in [0.15, 0.2) is 0 Å². The molecule has 5 nitrogen and oxygen atoms in total. The van der Waals surface area contributed by atoms with Crippen LogP contribution in [0.2, 0.25) is 0 Å². The number of nitrogens with zero attached hydrogens (tertiary/aromatic N) is 3. The predicted octanol–water partition coefficient (Wildman–Crippen LogP) is 1.73. The number of likely N-dealkylation sites (tertiary alicyclic amines) is 2. The number of halogens is 3.